The van der Waals surface area contributed by atoms with Crippen LogP contribution in [-0.2, 0) is 14.3 Å². The van der Waals surface area contributed by atoms with Crippen molar-refractivity contribution < 1.29 is 19.4 Å². The molecule has 1 aliphatic rings. The fourth-order valence-corrected chi connectivity index (χ4v) is 4.31. The Kier molecular flexibility index (Phi) is 8.68. The molecule has 4 heteroatoms. The number of hydrogen-bond donors (Lipinski definition) is 1. The summed E-state index contributed by atoms with van der Waals surface area (Å²) in [5.74, 6) is -0.177. The zero-order valence-corrected chi connectivity index (χ0v) is 17.6. The molecule has 0 radical (unpaired) electrons. The van der Waals surface area contributed by atoms with E-state index in [4.69, 9.17) is 4.74 Å². The third-order valence-electron chi connectivity index (χ3n) is 6.37. The summed E-state index contributed by atoms with van der Waals surface area (Å²) in [6, 6.07) is 0. The Morgan fingerprint density at radius 3 is 2.27 bits per heavy atom. The van der Waals surface area contributed by atoms with Gasteiger partial charge in [-0.1, -0.05) is 46.8 Å². The Bertz CT molecular complexity index is 512. The lowest BCUT2D eigenvalue weighted by atomic mass is 9.71. The first-order valence-electron chi connectivity index (χ1n) is 10.1. The van der Waals surface area contributed by atoms with Crippen LogP contribution in [0.4, 0.5) is 0 Å². The van der Waals surface area contributed by atoms with Crippen LogP contribution >= 0.6 is 0 Å². The average Bonchev–Trinajstić information content (AvgIpc) is 3.29. The molecular formula is C22H38O4. The number of ketones is 2. The molecule has 1 heterocycles. The molecule has 26 heavy (non-hydrogen) atoms. The van der Waals surface area contributed by atoms with E-state index in [0.29, 0.717) is 25.2 Å². The van der Waals surface area contributed by atoms with E-state index in [0.717, 1.165) is 0 Å². The summed E-state index contributed by atoms with van der Waals surface area (Å²) in [5.41, 5.74) is -0.308. The summed E-state index contributed by atoms with van der Waals surface area (Å²) in [6.45, 7) is 13.9. The SMILES string of the molecule is C/C=C\[C@H](C)[C@H]1O[C@]1(C)[C@@H](C)[C@@H](CC)C(=O)C(CO)C(C)CC(=O)CC. The predicted molar refractivity (Wildman–Crippen MR) is 105 cm³/mol. The summed E-state index contributed by atoms with van der Waals surface area (Å²) < 4.78 is 6.05. The van der Waals surface area contributed by atoms with E-state index in [1.807, 2.05) is 33.8 Å². The van der Waals surface area contributed by atoms with E-state index < -0.39 is 5.92 Å². The van der Waals surface area contributed by atoms with Crippen LogP contribution in [0.25, 0.3) is 0 Å². The minimum absolute atomic E-state index is 0.0702. The van der Waals surface area contributed by atoms with Gasteiger partial charge in [0.25, 0.3) is 0 Å². The first kappa shape index (κ1) is 23.0. The van der Waals surface area contributed by atoms with Crippen molar-refractivity contribution in [2.24, 2.45) is 29.6 Å². The second kappa shape index (κ2) is 9.80. The summed E-state index contributed by atoms with van der Waals surface area (Å²) in [5, 5.41) is 9.83. The zero-order chi connectivity index (χ0) is 20.1. The topological polar surface area (TPSA) is 66.9 Å². The van der Waals surface area contributed by atoms with Gasteiger partial charge in [-0.2, -0.15) is 0 Å². The van der Waals surface area contributed by atoms with Crippen molar-refractivity contribution in [3.63, 3.8) is 0 Å². The Balaban J connectivity index is 2.88. The van der Waals surface area contributed by atoms with Gasteiger partial charge >= 0.3 is 0 Å². The van der Waals surface area contributed by atoms with Crippen LogP contribution in [0, 0.1) is 29.6 Å². The predicted octanol–water partition coefficient (Wildman–Crippen LogP) is 4.20. The maximum Gasteiger partial charge on any atom is 0.141 e. The van der Waals surface area contributed by atoms with Crippen LogP contribution in [0.3, 0.4) is 0 Å². The van der Waals surface area contributed by atoms with Crippen molar-refractivity contribution in [3.05, 3.63) is 12.2 Å². The summed E-state index contributed by atoms with van der Waals surface area (Å²) >= 11 is 0. The van der Waals surface area contributed by atoms with Crippen molar-refractivity contribution in [1.29, 1.82) is 0 Å². The molecule has 0 aromatic rings. The van der Waals surface area contributed by atoms with E-state index in [-0.39, 0.29) is 47.6 Å². The Morgan fingerprint density at radius 1 is 1.19 bits per heavy atom. The van der Waals surface area contributed by atoms with Gasteiger partial charge in [-0.25, -0.2) is 0 Å². The molecule has 0 bridgehead atoms. The Hall–Kier alpha value is -1.00. The summed E-state index contributed by atoms with van der Waals surface area (Å²) in [7, 11) is 0. The number of Topliss-reactive ketones (excluding diaryl/α,β-unsaturated/α-hetero) is 2. The zero-order valence-electron chi connectivity index (χ0n) is 17.6. The van der Waals surface area contributed by atoms with Gasteiger partial charge in [0.05, 0.1) is 18.3 Å². The fourth-order valence-electron chi connectivity index (χ4n) is 4.31. The highest BCUT2D eigenvalue weighted by atomic mass is 16.6. The molecule has 0 aliphatic carbocycles. The quantitative estimate of drug-likeness (QED) is 0.415. The monoisotopic (exact) mass is 366 g/mol. The molecule has 0 saturated carbocycles. The number of epoxide rings is 1. The first-order chi connectivity index (χ1) is 12.2. The third-order valence-corrected chi connectivity index (χ3v) is 6.37. The molecule has 2 unspecified atom stereocenters. The van der Waals surface area contributed by atoms with Gasteiger partial charge in [0.2, 0.25) is 0 Å². The highest BCUT2D eigenvalue weighted by Gasteiger charge is 2.59. The second-order valence-corrected chi connectivity index (χ2v) is 8.18. The minimum atomic E-state index is -0.480. The van der Waals surface area contributed by atoms with Gasteiger partial charge in [0.15, 0.2) is 0 Å². The molecule has 1 N–H and O–H groups in total. The average molecular weight is 367 g/mol. The summed E-state index contributed by atoms with van der Waals surface area (Å²) in [4.78, 5) is 25.0. The van der Waals surface area contributed by atoms with Crippen molar-refractivity contribution in [1.82, 2.24) is 0 Å². The Labute approximate surface area is 159 Å². The van der Waals surface area contributed by atoms with Crippen molar-refractivity contribution in [3.8, 4) is 0 Å². The van der Waals surface area contributed by atoms with E-state index in [9.17, 15) is 14.7 Å². The number of carbonyl (C=O) groups is 2. The lowest BCUT2D eigenvalue weighted by molar-refractivity contribution is -0.133. The molecule has 0 amide bonds. The highest BCUT2D eigenvalue weighted by molar-refractivity contribution is 5.85. The lowest BCUT2D eigenvalue weighted by Crippen LogP contribution is -2.39. The molecule has 0 aromatic heterocycles. The van der Waals surface area contributed by atoms with E-state index in [1.165, 1.54) is 0 Å². The second-order valence-electron chi connectivity index (χ2n) is 8.18. The van der Waals surface area contributed by atoms with Gasteiger partial charge in [-0.15, -0.1) is 0 Å². The molecular weight excluding hydrogens is 328 g/mol. The van der Waals surface area contributed by atoms with Crippen LogP contribution in [0.1, 0.15) is 67.7 Å². The highest BCUT2D eigenvalue weighted by Crippen LogP contribution is 2.50. The standard InChI is InChI=1S/C22H38O4/c1-8-11-14(4)21-22(7,26-21)16(6)18(10-3)20(25)19(13-23)15(5)12-17(24)9-2/h8,11,14-16,18-19,21,23H,9-10,12-13H2,1-7H3/b11-8-/t14-,15?,16-,18+,19?,21+,22+/m0/s1. The number of carbonyl (C=O) groups excluding carboxylic acids is 2. The number of hydrogen-bond acceptors (Lipinski definition) is 4. The van der Waals surface area contributed by atoms with Gasteiger partial charge in [0.1, 0.15) is 11.6 Å². The molecule has 150 valence electrons. The molecule has 1 rings (SSSR count). The van der Waals surface area contributed by atoms with E-state index >= 15 is 0 Å². The number of aliphatic hydroxyl groups is 1. The van der Waals surface area contributed by atoms with Gasteiger partial charge in [0, 0.05) is 30.6 Å². The Morgan fingerprint density at radius 2 is 1.81 bits per heavy atom. The number of ether oxygens (including phenoxy) is 1. The molecule has 0 spiro atoms. The minimum Gasteiger partial charge on any atom is -0.396 e. The van der Waals surface area contributed by atoms with Crippen LogP contribution < -0.4 is 0 Å². The first-order valence-corrected chi connectivity index (χ1v) is 10.1. The normalized spacial score (nSPS) is 28.4. The van der Waals surface area contributed by atoms with Crippen LogP contribution in [0.2, 0.25) is 0 Å². The molecule has 1 fully saturated rings. The fraction of sp³-hybridized carbons (Fsp3) is 0.818. The van der Waals surface area contributed by atoms with Gasteiger partial charge in [-0.05, 0) is 32.1 Å². The maximum absolute atomic E-state index is 13.2. The van der Waals surface area contributed by atoms with Crippen LogP contribution in [0.15, 0.2) is 12.2 Å². The molecule has 1 saturated heterocycles. The number of allylic oxidation sites excluding steroid dienone is 1. The summed E-state index contributed by atoms with van der Waals surface area (Å²) in [6.07, 6.45) is 5.85. The van der Waals surface area contributed by atoms with Gasteiger partial charge < -0.3 is 9.84 Å². The molecule has 1 aliphatic heterocycles. The van der Waals surface area contributed by atoms with Crippen LogP contribution in [-0.4, -0.2) is 35.0 Å². The van der Waals surface area contributed by atoms with Crippen molar-refractivity contribution in [2.45, 2.75) is 79.4 Å². The number of aliphatic hydroxyl groups excluding tert-OH is 1. The molecule has 0 aromatic carbocycles. The maximum atomic E-state index is 13.2. The molecule has 7 atom stereocenters. The van der Waals surface area contributed by atoms with E-state index in [2.05, 4.69) is 26.8 Å². The van der Waals surface area contributed by atoms with Crippen molar-refractivity contribution in [2.75, 3.05) is 6.61 Å². The number of rotatable bonds is 12. The van der Waals surface area contributed by atoms with E-state index in [1.54, 1.807) is 0 Å². The van der Waals surface area contributed by atoms with Gasteiger partial charge in [-0.3, -0.25) is 9.59 Å². The lowest BCUT2D eigenvalue weighted by Gasteiger charge is -2.31. The van der Waals surface area contributed by atoms with Crippen LogP contribution in [0.5, 0.6) is 0 Å². The molecule has 4 nitrogen and oxygen atoms in total. The third kappa shape index (κ3) is 5.04. The van der Waals surface area contributed by atoms with Crippen molar-refractivity contribution >= 4 is 11.6 Å². The largest absolute Gasteiger partial charge is 0.396 e. The smallest absolute Gasteiger partial charge is 0.141 e.